The van der Waals surface area contributed by atoms with Crippen LogP contribution >= 0.6 is 0 Å². The molecular weight excluding hydrogens is 348 g/mol. The summed E-state index contributed by atoms with van der Waals surface area (Å²) in [5, 5.41) is 15.1. The fourth-order valence-electron chi connectivity index (χ4n) is 4.04. The Kier molecular flexibility index (Phi) is 4.41. The number of hydrogen-bond donors (Lipinski definition) is 2. The number of aromatic amines is 1. The van der Waals surface area contributed by atoms with Crippen molar-refractivity contribution in [3.8, 4) is 11.1 Å². The molecule has 0 unspecified atom stereocenters. The van der Waals surface area contributed by atoms with Crippen LogP contribution in [0.15, 0.2) is 41.2 Å². The Hall–Kier alpha value is -3.13. The summed E-state index contributed by atoms with van der Waals surface area (Å²) in [7, 11) is 2.13. The molecule has 8 heteroatoms. The number of carboxylic acid groups (broad SMARTS) is 1. The zero-order valence-corrected chi connectivity index (χ0v) is 14.8. The minimum atomic E-state index is -0.250. The van der Waals surface area contributed by atoms with E-state index in [2.05, 4.69) is 22.1 Å². The lowest BCUT2D eigenvalue weighted by Gasteiger charge is -2.31. The molecule has 4 heterocycles. The second kappa shape index (κ2) is 6.88. The van der Waals surface area contributed by atoms with E-state index in [0.29, 0.717) is 17.8 Å². The molecule has 27 heavy (non-hydrogen) atoms. The van der Waals surface area contributed by atoms with Gasteiger partial charge in [-0.25, -0.2) is 0 Å². The molecule has 5 rings (SSSR count). The molecule has 0 spiro atoms. The molecule has 2 N–H and O–H groups in total. The quantitative estimate of drug-likeness (QED) is 0.671. The van der Waals surface area contributed by atoms with Crippen molar-refractivity contribution >= 4 is 23.3 Å². The van der Waals surface area contributed by atoms with Crippen LogP contribution in [0.2, 0.25) is 0 Å². The number of carbonyl (C=O) groups excluding carboxylic acids is 1. The highest BCUT2D eigenvalue weighted by Gasteiger charge is 2.44. The minimum Gasteiger partial charge on any atom is -0.483 e. The molecule has 8 nitrogen and oxygen atoms in total. The minimum absolute atomic E-state index is 0.0397. The number of rotatable bonds is 2. The second-order valence-electron chi connectivity index (χ2n) is 6.89. The number of aromatic nitrogens is 2. The van der Waals surface area contributed by atoms with Gasteiger partial charge in [-0.1, -0.05) is 6.07 Å². The first kappa shape index (κ1) is 17.3. The highest BCUT2D eigenvalue weighted by molar-refractivity contribution is 6.05. The van der Waals surface area contributed by atoms with Crippen LogP contribution in [0.3, 0.4) is 0 Å². The van der Waals surface area contributed by atoms with Crippen molar-refractivity contribution in [3.63, 3.8) is 0 Å². The molecule has 2 aliphatic heterocycles. The summed E-state index contributed by atoms with van der Waals surface area (Å²) in [4.78, 5) is 25.6. The van der Waals surface area contributed by atoms with Gasteiger partial charge in [0.2, 0.25) is 0 Å². The smallest absolute Gasteiger partial charge is 0.290 e. The van der Waals surface area contributed by atoms with Crippen LogP contribution in [-0.2, 0) is 4.79 Å². The van der Waals surface area contributed by atoms with Crippen LogP contribution in [0, 0.1) is 0 Å². The van der Waals surface area contributed by atoms with E-state index in [-0.39, 0.29) is 12.4 Å². The van der Waals surface area contributed by atoms with E-state index in [1.54, 1.807) is 12.5 Å². The zero-order chi connectivity index (χ0) is 19.0. The number of likely N-dealkylation sites (tertiary alicyclic amines) is 2. The van der Waals surface area contributed by atoms with Crippen LogP contribution in [0.4, 0.5) is 0 Å². The maximum absolute atomic E-state index is 12.9. The van der Waals surface area contributed by atoms with Gasteiger partial charge in [0.05, 0.1) is 18.0 Å². The molecule has 0 aliphatic carbocycles. The molecule has 2 saturated heterocycles. The number of nitrogens with one attached hydrogen (secondary N) is 1. The maximum atomic E-state index is 12.9. The van der Waals surface area contributed by atoms with Crippen LogP contribution in [-0.4, -0.2) is 69.7 Å². The van der Waals surface area contributed by atoms with Crippen molar-refractivity contribution in [2.75, 3.05) is 20.1 Å². The van der Waals surface area contributed by atoms with E-state index in [1.165, 1.54) is 0 Å². The highest BCUT2D eigenvalue weighted by atomic mass is 16.3. The molecular formula is C19H20N4O4. The van der Waals surface area contributed by atoms with Crippen molar-refractivity contribution in [1.29, 1.82) is 0 Å². The van der Waals surface area contributed by atoms with Crippen LogP contribution < -0.4 is 0 Å². The van der Waals surface area contributed by atoms with Gasteiger partial charge in [-0.2, -0.15) is 5.10 Å². The summed E-state index contributed by atoms with van der Waals surface area (Å²) in [6, 6.07) is 8.72. The summed E-state index contributed by atoms with van der Waals surface area (Å²) in [6.07, 6.45) is 4.44. The molecule has 2 aliphatic rings. The Morgan fingerprint density at radius 3 is 2.74 bits per heavy atom. The van der Waals surface area contributed by atoms with Crippen molar-refractivity contribution in [2.24, 2.45) is 0 Å². The lowest BCUT2D eigenvalue weighted by atomic mass is 10.1. The number of hydrogen-bond acceptors (Lipinski definition) is 5. The molecule has 140 valence electrons. The topological polar surface area (TPSA) is 103 Å². The van der Waals surface area contributed by atoms with Crippen LogP contribution in [0.5, 0.6) is 0 Å². The first-order valence-corrected chi connectivity index (χ1v) is 8.72. The number of benzene rings is 1. The van der Waals surface area contributed by atoms with E-state index in [0.717, 1.165) is 41.5 Å². The molecule has 3 aromatic rings. The predicted molar refractivity (Wildman–Crippen MR) is 98.3 cm³/mol. The third-order valence-corrected chi connectivity index (χ3v) is 5.40. The first-order chi connectivity index (χ1) is 13.1. The molecule has 1 amide bonds. The van der Waals surface area contributed by atoms with Crippen LogP contribution in [0.1, 0.15) is 16.9 Å². The van der Waals surface area contributed by atoms with Gasteiger partial charge < -0.3 is 14.4 Å². The number of carbonyl (C=O) groups is 2. The van der Waals surface area contributed by atoms with Crippen molar-refractivity contribution in [2.45, 2.75) is 18.5 Å². The van der Waals surface area contributed by atoms with Gasteiger partial charge in [-0.15, -0.1) is 0 Å². The third kappa shape index (κ3) is 2.97. The SMILES string of the molecule is CN1C[C@@H]2C[C@H]1CN2C(=O)c1n[nH]c2cc(-c3ccoc3)ccc12.O=CO. The van der Waals surface area contributed by atoms with Crippen molar-refractivity contribution < 1.29 is 19.1 Å². The Balaban J connectivity index is 0.000000565. The predicted octanol–water partition coefficient (Wildman–Crippen LogP) is 2.05. The zero-order valence-electron chi connectivity index (χ0n) is 14.8. The molecule has 2 fully saturated rings. The van der Waals surface area contributed by atoms with E-state index < -0.39 is 0 Å². The molecule has 0 saturated carbocycles. The first-order valence-electron chi connectivity index (χ1n) is 8.72. The molecule has 2 atom stereocenters. The second-order valence-corrected chi connectivity index (χ2v) is 6.89. The Morgan fingerprint density at radius 2 is 2.11 bits per heavy atom. The molecule has 2 aromatic heterocycles. The van der Waals surface area contributed by atoms with Gasteiger partial charge in [0.15, 0.2) is 5.69 Å². The van der Waals surface area contributed by atoms with Crippen LogP contribution in [0.25, 0.3) is 22.0 Å². The fourth-order valence-corrected chi connectivity index (χ4v) is 4.04. The van der Waals surface area contributed by atoms with Gasteiger partial charge in [-0.3, -0.25) is 19.6 Å². The van der Waals surface area contributed by atoms with Gasteiger partial charge in [0, 0.05) is 36.1 Å². The Morgan fingerprint density at radius 1 is 1.30 bits per heavy atom. The largest absolute Gasteiger partial charge is 0.483 e. The standard InChI is InChI=1S/C18H18N4O2.CH2O2/c1-21-8-14-7-13(21)9-22(14)18(23)17-15-3-2-11(6-16(15)19-20-17)12-4-5-24-10-12;2-1-3/h2-6,10,13-14H,7-9H2,1H3,(H,19,20);1H,(H,2,3)/t13-,14-;/m0./s1. The van der Waals surface area contributed by atoms with Gasteiger partial charge in [0.25, 0.3) is 12.4 Å². The van der Waals surface area contributed by atoms with Gasteiger partial charge in [0.1, 0.15) is 0 Å². The normalized spacial score (nSPS) is 21.3. The summed E-state index contributed by atoms with van der Waals surface area (Å²) < 4.78 is 5.14. The fraction of sp³-hybridized carbons (Fsp3) is 0.316. The number of likely N-dealkylation sites (N-methyl/N-ethyl adjacent to an activating group) is 1. The number of H-pyrrole nitrogens is 1. The molecule has 1 aromatic carbocycles. The lowest BCUT2D eigenvalue weighted by Crippen LogP contribution is -2.47. The average Bonchev–Trinajstić information content (AvgIpc) is 3.43. The summed E-state index contributed by atoms with van der Waals surface area (Å²) in [6.45, 7) is 1.52. The van der Waals surface area contributed by atoms with Gasteiger partial charge >= 0.3 is 0 Å². The number of amides is 1. The third-order valence-electron chi connectivity index (χ3n) is 5.40. The number of piperazine rings is 1. The maximum Gasteiger partial charge on any atom is 0.290 e. The average molecular weight is 368 g/mol. The van der Waals surface area contributed by atoms with E-state index >= 15 is 0 Å². The summed E-state index contributed by atoms with van der Waals surface area (Å²) in [5.41, 5.74) is 3.46. The van der Waals surface area contributed by atoms with Crippen molar-refractivity contribution in [1.82, 2.24) is 20.0 Å². The number of furan rings is 1. The number of fused-ring (bicyclic) bond motifs is 3. The van der Waals surface area contributed by atoms with Gasteiger partial charge in [-0.05, 0) is 37.2 Å². The van der Waals surface area contributed by atoms with E-state index in [4.69, 9.17) is 14.3 Å². The van der Waals surface area contributed by atoms with E-state index in [1.807, 2.05) is 29.2 Å². The molecule has 2 bridgehead atoms. The lowest BCUT2D eigenvalue weighted by molar-refractivity contribution is -0.122. The highest BCUT2D eigenvalue weighted by Crippen LogP contribution is 2.32. The Labute approximate surface area is 155 Å². The van der Waals surface area contributed by atoms with Crippen molar-refractivity contribution in [3.05, 3.63) is 42.5 Å². The summed E-state index contributed by atoms with van der Waals surface area (Å²) in [5.74, 6) is 0.0397. The molecule has 0 radical (unpaired) electrons. The number of nitrogens with zero attached hydrogens (tertiary/aromatic N) is 3. The summed E-state index contributed by atoms with van der Waals surface area (Å²) >= 11 is 0. The Bertz CT molecular complexity index is 963. The monoisotopic (exact) mass is 368 g/mol. The van der Waals surface area contributed by atoms with E-state index in [9.17, 15) is 4.79 Å².